The van der Waals surface area contributed by atoms with Crippen LogP contribution in [0.25, 0.3) is 10.9 Å². The van der Waals surface area contributed by atoms with Crippen molar-refractivity contribution in [2.75, 3.05) is 38.3 Å². The van der Waals surface area contributed by atoms with Gasteiger partial charge in [0, 0.05) is 37.3 Å². The van der Waals surface area contributed by atoms with Crippen LogP contribution >= 0.6 is 0 Å². The molecular weight excluding hydrogens is 424 g/mol. The summed E-state index contributed by atoms with van der Waals surface area (Å²) in [5, 5.41) is 0.801. The van der Waals surface area contributed by atoms with Crippen LogP contribution in [0.15, 0.2) is 24.3 Å². The number of aromatic nitrogens is 1. The Labute approximate surface area is 194 Å². The van der Waals surface area contributed by atoms with Crippen molar-refractivity contribution in [1.82, 2.24) is 9.88 Å². The monoisotopic (exact) mass is 458 g/mol. The van der Waals surface area contributed by atoms with Crippen LogP contribution in [0.5, 0.6) is 5.88 Å². The summed E-state index contributed by atoms with van der Waals surface area (Å²) < 4.78 is 16.3. The van der Waals surface area contributed by atoms with Crippen LogP contribution in [-0.4, -0.2) is 73.0 Å². The van der Waals surface area contributed by atoms with Crippen molar-refractivity contribution in [2.24, 2.45) is 5.73 Å². The Hall–Kier alpha value is -3.07. The van der Waals surface area contributed by atoms with E-state index in [9.17, 15) is 9.59 Å². The molecule has 9 nitrogen and oxygen atoms in total. The Morgan fingerprint density at radius 3 is 2.33 bits per heavy atom. The smallest absolute Gasteiger partial charge is 0.410 e. The number of primary amides is 1. The summed E-state index contributed by atoms with van der Waals surface area (Å²) in [6.07, 6.45) is -0.310. The summed E-state index contributed by atoms with van der Waals surface area (Å²) in [4.78, 5) is 33.4. The van der Waals surface area contributed by atoms with Crippen LogP contribution in [0.4, 0.5) is 10.5 Å². The van der Waals surface area contributed by atoms with E-state index in [1.807, 2.05) is 46.8 Å². The van der Waals surface area contributed by atoms with E-state index in [2.05, 4.69) is 9.88 Å². The largest absolute Gasteiger partial charge is 0.475 e. The highest BCUT2D eigenvalue weighted by Gasteiger charge is 2.36. The molecule has 2 N–H and O–H groups in total. The molecule has 3 rings (SSSR count). The molecule has 0 spiro atoms. The average Bonchev–Trinajstić information content (AvgIpc) is 2.71. The number of piperazine rings is 1. The van der Waals surface area contributed by atoms with Crippen molar-refractivity contribution in [1.29, 1.82) is 0 Å². The van der Waals surface area contributed by atoms with Crippen LogP contribution in [0.2, 0.25) is 0 Å². The van der Waals surface area contributed by atoms with Gasteiger partial charge in [-0.2, -0.15) is 0 Å². The van der Waals surface area contributed by atoms with Crippen molar-refractivity contribution in [3.05, 3.63) is 29.8 Å². The number of rotatable bonds is 6. The third-order valence-electron chi connectivity index (χ3n) is 5.48. The number of ether oxygens (including phenoxy) is 3. The first-order chi connectivity index (χ1) is 15.5. The number of fused-ring (bicyclic) bond motifs is 1. The normalized spacial score (nSPS) is 19.0. The van der Waals surface area contributed by atoms with E-state index in [1.54, 1.807) is 24.1 Å². The number of hydrogen-bond acceptors (Lipinski definition) is 7. The van der Waals surface area contributed by atoms with E-state index in [4.69, 9.17) is 19.9 Å². The van der Waals surface area contributed by atoms with Crippen LogP contribution < -0.4 is 15.4 Å². The highest BCUT2D eigenvalue weighted by molar-refractivity contribution is 6.08. The quantitative estimate of drug-likeness (QED) is 0.663. The van der Waals surface area contributed by atoms with E-state index >= 15 is 0 Å². The summed E-state index contributed by atoms with van der Waals surface area (Å²) in [5.41, 5.74) is 6.81. The van der Waals surface area contributed by atoms with Crippen molar-refractivity contribution in [2.45, 2.75) is 52.3 Å². The fourth-order valence-electron chi connectivity index (χ4n) is 4.16. The molecule has 0 aliphatic carbocycles. The number of hydrogen-bond donors (Lipinski definition) is 1. The fraction of sp³-hybridized carbons (Fsp3) is 0.542. The number of carbonyl (C=O) groups excluding carboxylic acids is 2. The Morgan fingerprint density at radius 1 is 1.09 bits per heavy atom. The Bertz CT molecular complexity index is 1010. The summed E-state index contributed by atoms with van der Waals surface area (Å²) in [6.45, 7) is 11.6. The third-order valence-corrected chi connectivity index (χ3v) is 5.48. The molecular formula is C24H34N4O5. The van der Waals surface area contributed by atoms with Gasteiger partial charge in [0.05, 0.1) is 29.8 Å². The molecule has 2 aromatic rings. The third kappa shape index (κ3) is 5.65. The van der Waals surface area contributed by atoms with E-state index in [0.29, 0.717) is 43.3 Å². The van der Waals surface area contributed by atoms with Crippen molar-refractivity contribution in [3.8, 4) is 5.88 Å². The lowest BCUT2D eigenvalue weighted by atomic mass is 10.0. The van der Waals surface area contributed by atoms with E-state index in [1.165, 1.54) is 0 Å². The Kier molecular flexibility index (Phi) is 7.31. The van der Waals surface area contributed by atoms with Crippen LogP contribution in [0.3, 0.4) is 0 Å². The lowest BCUT2D eigenvalue weighted by molar-refractivity contribution is 0.00567. The molecule has 2 amide bonds. The zero-order chi connectivity index (χ0) is 24.3. The molecule has 2 atom stereocenters. The maximum atomic E-state index is 12.8. The van der Waals surface area contributed by atoms with Crippen molar-refractivity contribution >= 4 is 28.6 Å². The van der Waals surface area contributed by atoms with E-state index < -0.39 is 11.5 Å². The summed E-state index contributed by atoms with van der Waals surface area (Å²) in [6, 6.07) is 7.11. The number of pyridine rings is 1. The molecule has 1 aliphatic rings. The number of benzene rings is 1. The Morgan fingerprint density at radius 2 is 1.76 bits per heavy atom. The molecule has 0 saturated carbocycles. The molecule has 1 saturated heterocycles. The molecule has 0 bridgehead atoms. The predicted molar refractivity (Wildman–Crippen MR) is 127 cm³/mol. The molecule has 1 aliphatic heterocycles. The van der Waals surface area contributed by atoms with Crippen LogP contribution in [0, 0.1) is 0 Å². The molecule has 180 valence electrons. The maximum absolute atomic E-state index is 12.8. The van der Waals surface area contributed by atoms with Gasteiger partial charge in [0.2, 0.25) is 5.88 Å². The summed E-state index contributed by atoms with van der Waals surface area (Å²) in [5.74, 6) is -0.153. The number of amides is 2. The van der Waals surface area contributed by atoms with Gasteiger partial charge in [-0.3, -0.25) is 9.69 Å². The number of methoxy groups -OCH3 is 1. The number of nitrogens with two attached hydrogens (primary N) is 1. The second kappa shape index (κ2) is 9.82. The predicted octanol–water partition coefficient (Wildman–Crippen LogP) is 3.19. The fourth-order valence-corrected chi connectivity index (χ4v) is 4.16. The van der Waals surface area contributed by atoms with Gasteiger partial charge in [0.1, 0.15) is 12.2 Å². The molecule has 0 unspecified atom stereocenters. The number of carbonyl (C=O) groups is 2. The van der Waals surface area contributed by atoms with E-state index in [0.717, 1.165) is 11.1 Å². The molecule has 9 heteroatoms. The van der Waals surface area contributed by atoms with Gasteiger partial charge in [0.15, 0.2) is 0 Å². The second-order valence-electron chi connectivity index (χ2n) is 9.37. The molecule has 1 fully saturated rings. The average molecular weight is 459 g/mol. The first kappa shape index (κ1) is 24.6. The molecule has 1 aromatic carbocycles. The Balaban J connectivity index is 1.91. The summed E-state index contributed by atoms with van der Waals surface area (Å²) in [7, 11) is 1.60. The molecule has 1 aromatic heterocycles. The second-order valence-corrected chi connectivity index (χ2v) is 9.37. The van der Waals surface area contributed by atoms with Gasteiger partial charge in [0.25, 0.3) is 5.91 Å². The van der Waals surface area contributed by atoms with Crippen LogP contribution in [0.1, 0.15) is 45.0 Å². The van der Waals surface area contributed by atoms with Gasteiger partial charge in [-0.15, -0.1) is 0 Å². The number of nitrogens with zero attached hydrogens (tertiary/aromatic N) is 3. The molecule has 33 heavy (non-hydrogen) atoms. The first-order valence-corrected chi connectivity index (χ1v) is 11.1. The molecule has 0 radical (unpaired) electrons. The minimum Gasteiger partial charge on any atom is -0.475 e. The van der Waals surface area contributed by atoms with Gasteiger partial charge < -0.3 is 24.8 Å². The highest BCUT2D eigenvalue weighted by atomic mass is 16.6. The lowest BCUT2D eigenvalue weighted by Gasteiger charge is -2.45. The van der Waals surface area contributed by atoms with Crippen molar-refractivity contribution < 1.29 is 23.8 Å². The van der Waals surface area contributed by atoms with Gasteiger partial charge >= 0.3 is 6.09 Å². The minimum absolute atomic E-state index is 0.0703. The van der Waals surface area contributed by atoms with Crippen LogP contribution in [-0.2, 0) is 9.47 Å². The zero-order valence-corrected chi connectivity index (χ0v) is 20.3. The lowest BCUT2D eigenvalue weighted by Crippen LogP contribution is -2.59. The standard InChI is InChI=1S/C24H34N4O5/c1-15-13-27(14-16(2)28(15)23(30)33-24(3,4)5)19-9-7-18(22(25)29)21-17(19)8-10-20(26-21)32-12-11-31-6/h7-10,15-16H,11-14H2,1-6H3,(H2,25,29)/t15-,16-/m0/s1. The highest BCUT2D eigenvalue weighted by Crippen LogP contribution is 2.33. The summed E-state index contributed by atoms with van der Waals surface area (Å²) >= 11 is 0. The van der Waals surface area contributed by atoms with Gasteiger partial charge in [-0.05, 0) is 52.8 Å². The first-order valence-electron chi connectivity index (χ1n) is 11.1. The zero-order valence-electron chi connectivity index (χ0n) is 20.3. The van der Waals surface area contributed by atoms with Gasteiger partial charge in [-0.1, -0.05) is 0 Å². The minimum atomic E-state index is -0.552. The SMILES string of the molecule is COCCOc1ccc2c(N3C[C@H](C)N(C(=O)OC(C)(C)C)[C@@H](C)C3)ccc(C(N)=O)c2n1. The number of anilines is 1. The van der Waals surface area contributed by atoms with Gasteiger partial charge in [-0.25, -0.2) is 9.78 Å². The van der Waals surface area contributed by atoms with E-state index in [-0.39, 0.29) is 18.2 Å². The maximum Gasteiger partial charge on any atom is 0.410 e. The van der Waals surface area contributed by atoms with Crippen molar-refractivity contribution in [3.63, 3.8) is 0 Å². The topological polar surface area (TPSA) is 107 Å². The molecule has 2 heterocycles.